The van der Waals surface area contributed by atoms with E-state index in [-0.39, 0.29) is 30.8 Å². The molecule has 0 aliphatic rings. The third-order valence-electron chi connectivity index (χ3n) is 3.20. The molecule has 1 aromatic carbocycles. The van der Waals surface area contributed by atoms with E-state index >= 15 is 0 Å². The number of nitrogens with two attached hydrogens (primary N) is 1. The molecule has 0 aliphatic heterocycles. The van der Waals surface area contributed by atoms with Crippen LogP contribution in [0.2, 0.25) is 0 Å². The smallest absolute Gasteiger partial charge is 0.271 e. The lowest BCUT2D eigenvalue weighted by atomic mass is 10.2. The highest BCUT2D eigenvalue weighted by molar-refractivity contribution is 7.09. The van der Waals surface area contributed by atoms with E-state index in [1.54, 1.807) is 12.5 Å². The quantitative estimate of drug-likeness (QED) is 0.632. The molecular formula is C16H21ClN4O3S. The minimum absolute atomic E-state index is 0. The highest BCUT2D eigenvalue weighted by atomic mass is 35.5. The largest absolute Gasteiger partial charge is 0.497 e. The molecule has 0 unspecified atom stereocenters. The van der Waals surface area contributed by atoms with Gasteiger partial charge in [0.25, 0.3) is 5.91 Å². The molecule has 25 heavy (non-hydrogen) atoms. The molecule has 0 spiro atoms. The van der Waals surface area contributed by atoms with Crippen LogP contribution in [0.3, 0.4) is 0 Å². The number of benzene rings is 1. The molecule has 0 aliphatic carbocycles. The molecule has 0 atom stereocenters. The summed E-state index contributed by atoms with van der Waals surface area (Å²) < 4.78 is 5.07. The number of carbonyl (C=O) groups excluding carboxylic acids is 2. The van der Waals surface area contributed by atoms with Gasteiger partial charge in [-0.1, -0.05) is 12.1 Å². The van der Waals surface area contributed by atoms with Gasteiger partial charge >= 0.3 is 0 Å². The van der Waals surface area contributed by atoms with Gasteiger partial charge in [-0.15, -0.1) is 23.7 Å². The summed E-state index contributed by atoms with van der Waals surface area (Å²) in [5.41, 5.74) is 6.71. The summed E-state index contributed by atoms with van der Waals surface area (Å²) in [4.78, 5) is 27.9. The lowest BCUT2D eigenvalue weighted by Crippen LogP contribution is -2.36. The zero-order valence-electron chi connectivity index (χ0n) is 13.8. The molecule has 2 aromatic rings. The van der Waals surface area contributed by atoms with Gasteiger partial charge in [0.05, 0.1) is 18.7 Å². The van der Waals surface area contributed by atoms with E-state index in [0.29, 0.717) is 25.2 Å². The molecule has 0 bridgehead atoms. The summed E-state index contributed by atoms with van der Waals surface area (Å²) >= 11 is 1.38. The predicted octanol–water partition coefficient (Wildman–Crippen LogP) is 1.12. The van der Waals surface area contributed by atoms with Crippen molar-refractivity contribution in [3.8, 4) is 5.75 Å². The minimum Gasteiger partial charge on any atom is -0.497 e. The number of thiazole rings is 1. The molecule has 0 radical (unpaired) electrons. The summed E-state index contributed by atoms with van der Waals surface area (Å²) in [5, 5.41) is 7.76. The van der Waals surface area contributed by atoms with Crippen LogP contribution in [0.25, 0.3) is 0 Å². The second-order valence-electron chi connectivity index (χ2n) is 4.97. The second-order valence-corrected chi connectivity index (χ2v) is 5.92. The fourth-order valence-corrected chi connectivity index (χ4v) is 2.71. The number of carbonyl (C=O) groups is 2. The van der Waals surface area contributed by atoms with Crippen LogP contribution >= 0.6 is 23.7 Å². The van der Waals surface area contributed by atoms with Gasteiger partial charge in [0.1, 0.15) is 11.4 Å². The number of methoxy groups -OCH3 is 1. The monoisotopic (exact) mass is 384 g/mol. The summed E-state index contributed by atoms with van der Waals surface area (Å²) in [6, 6.07) is 7.38. The van der Waals surface area contributed by atoms with Crippen LogP contribution in [0.1, 0.15) is 21.1 Å². The minimum atomic E-state index is -0.367. The van der Waals surface area contributed by atoms with Crippen LogP contribution < -0.4 is 21.1 Å². The first-order valence-corrected chi connectivity index (χ1v) is 8.32. The van der Waals surface area contributed by atoms with Crippen LogP contribution in [-0.4, -0.2) is 37.0 Å². The van der Waals surface area contributed by atoms with E-state index in [0.717, 1.165) is 16.3 Å². The first-order chi connectivity index (χ1) is 11.6. The van der Waals surface area contributed by atoms with Crippen molar-refractivity contribution < 1.29 is 14.3 Å². The Kier molecular flexibility index (Phi) is 8.90. The Morgan fingerprint density at radius 1 is 1.24 bits per heavy atom. The Hall–Kier alpha value is -2.16. The lowest BCUT2D eigenvalue weighted by molar-refractivity contribution is -0.120. The third-order valence-corrected chi connectivity index (χ3v) is 4.11. The molecule has 2 rings (SSSR count). The summed E-state index contributed by atoms with van der Waals surface area (Å²) in [5.74, 6) is 0.125. The summed E-state index contributed by atoms with van der Waals surface area (Å²) in [7, 11) is 1.60. The van der Waals surface area contributed by atoms with Crippen LogP contribution in [0.5, 0.6) is 5.75 Å². The van der Waals surface area contributed by atoms with E-state index in [2.05, 4.69) is 15.6 Å². The first kappa shape index (κ1) is 20.9. The Labute approximate surface area is 156 Å². The number of ether oxygens (including phenoxy) is 1. The fraction of sp³-hybridized carbons (Fsp3) is 0.312. The second kappa shape index (κ2) is 10.7. The molecule has 136 valence electrons. The van der Waals surface area contributed by atoms with Gasteiger partial charge in [-0.05, 0) is 24.2 Å². The maximum Gasteiger partial charge on any atom is 0.271 e. The normalized spacial score (nSPS) is 9.84. The SMILES string of the molecule is COc1ccc(CNC(=O)CNC(=O)c2csc(CCN)n2)cc1.Cl. The Bertz CT molecular complexity index is 691. The molecule has 1 heterocycles. The van der Waals surface area contributed by atoms with Gasteiger partial charge in [0.15, 0.2) is 0 Å². The number of rotatable bonds is 8. The van der Waals surface area contributed by atoms with Gasteiger partial charge < -0.3 is 21.1 Å². The molecule has 0 saturated heterocycles. The predicted molar refractivity (Wildman–Crippen MR) is 99.3 cm³/mol. The standard InChI is InChI=1S/C16H20N4O3S.ClH/c1-23-12-4-2-11(3-5-12)8-18-14(21)9-19-16(22)13-10-24-15(20-13)6-7-17;/h2-5,10H,6-9,17H2,1H3,(H,18,21)(H,19,22);1H. The van der Waals surface area contributed by atoms with Crippen LogP contribution in [0, 0.1) is 0 Å². The zero-order chi connectivity index (χ0) is 17.4. The molecule has 9 heteroatoms. The molecular weight excluding hydrogens is 364 g/mol. The summed E-state index contributed by atoms with van der Waals surface area (Å²) in [6.45, 7) is 0.775. The van der Waals surface area contributed by atoms with Crippen molar-refractivity contribution in [3.05, 3.63) is 45.9 Å². The van der Waals surface area contributed by atoms with E-state index in [9.17, 15) is 9.59 Å². The lowest BCUT2D eigenvalue weighted by Gasteiger charge is -2.07. The zero-order valence-corrected chi connectivity index (χ0v) is 15.4. The van der Waals surface area contributed by atoms with Crippen molar-refractivity contribution in [2.75, 3.05) is 20.2 Å². The van der Waals surface area contributed by atoms with Crippen LogP contribution in [0.15, 0.2) is 29.6 Å². The maximum absolute atomic E-state index is 11.9. The topological polar surface area (TPSA) is 106 Å². The number of amides is 2. The van der Waals surface area contributed by atoms with Gasteiger partial charge in [0.2, 0.25) is 5.91 Å². The highest BCUT2D eigenvalue weighted by Gasteiger charge is 2.11. The Morgan fingerprint density at radius 2 is 1.96 bits per heavy atom. The number of halogens is 1. The highest BCUT2D eigenvalue weighted by Crippen LogP contribution is 2.11. The van der Waals surface area contributed by atoms with Gasteiger partial charge in [-0.3, -0.25) is 9.59 Å². The van der Waals surface area contributed by atoms with E-state index in [1.165, 1.54) is 11.3 Å². The average Bonchev–Trinajstić information content (AvgIpc) is 3.07. The fourth-order valence-electron chi connectivity index (χ4n) is 1.91. The van der Waals surface area contributed by atoms with Gasteiger partial charge in [-0.25, -0.2) is 4.98 Å². The Morgan fingerprint density at radius 3 is 2.60 bits per heavy atom. The molecule has 7 nitrogen and oxygen atoms in total. The number of hydrogen-bond donors (Lipinski definition) is 3. The van der Waals surface area contributed by atoms with Crippen LogP contribution in [0.4, 0.5) is 0 Å². The van der Waals surface area contributed by atoms with Crippen molar-refractivity contribution in [1.29, 1.82) is 0 Å². The molecule has 0 fully saturated rings. The molecule has 4 N–H and O–H groups in total. The van der Waals surface area contributed by atoms with Crippen LogP contribution in [-0.2, 0) is 17.8 Å². The van der Waals surface area contributed by atoms with Crippen molar-refractivity contribution in [3.63, 3.8) is 0 Å². The molecule has 0 saturated carbocycles. The summed E-state index contributed by atoms with van der Waals surface area (Å²) in [6.07, 6.45) is 0.639. The third kappa shape index (κ3) is 6.69. The first-order valence-electron chi connectivity index (χ1n) is 7.44. The number of hydrogen-bond acceptors (Lipinski definition) is 6. The average molecular weight is 385 g/mol. The maximum atomic E-state index is 11.9. The van der Waals surface area contributed by atoms with E-state index < -0.39 is 0 Å². The van der Waals surface area contributed by atoms with Crippen molar-refractivity contribution in [2.24, 2.45) is 5.73 Å². The molecule has 1 aromatic heterocycles. The number of nitrogens with zero attached hydrogens (tertiary/aromatic N) is 1. The van der Waals surface area contributed by atoms with Crippen molar-refractivity contribution >= 4 is 35.6 Å². The van der Waals surface area contributed by atoms with Crippen molar-refractivity contribution in [1.82, 2.24) is 15.6 Å². The number of nitrogens with one attached hydrogen (secondary N) is 2. The Balaban J connectivity index is 0.00000312. The number of aromatic nitrogens is 1. The van der Waals surface area contributed by atoms with E-state index in [4.69, 9.17) is 10.5 Å². The van der Waals surface area contributed by atoms with Gasteiger partial charge in [0, 0.05) is 18.3 Å². The van der Waals surface area contributed by atoms with E-state index in [1.807, 2.05) is 24.3 Å². The van der Waals surface area contributed by atoms with Crippen molar-refractivity contribution in [2.45, 2.75) is 13.0 Å². The molecule has 2 amide bonds. The van der Waals surface area contributed by atoms with Gasteiger partial charge in [-0.2, -0.15) is 0 Å².